The summed E-state index contributed by atoms with van der Waals surface area (Å²) in [6.45, 7) is 1.95. The van der Waals surface area contributed by atoms with E-state index in [0.717, 1.165) is 31.5 Å². The first-order valence-corrected chi connectivity index (χ1v) is 5.47. The normalized spacial score (nSPS) is 20.6. The maximum atomic E-state index is 12.5. The van der Waals surface area contributed by atoms with Crippen LogP contribution in [0, 0.1) is 5.92 Å². The van der Waals surface area contributed by atoms with Crippen LogP contribution in [0.1, 0.15) is 24.0 Å². The quantitative estimate of drug-likeness (QED) is 0.831. The molecule has 1 saturated heterocycles. The number of rotatable bonds is 3. The van der Waals surface area contributed by atoms with Crippen molar-refractivity contribution < 1.29 is 13.9 Å². The molecule has 2 rings (SSSR count). The fourth-order valence-corrected chi connectivity index (χ4v) is 2.13. The minimum Gasteiger partial charge on any atom is -0.507 e. The van der Waals surface area contributed by atoms with Gasteiger partial charge >= 0.3 is 0 Å². The van der Waals surface area contributed by atoms with Gasteiger partial charge in [0.25, 0.3) is 6.43 Å². The average molecular weight is 227 g/mol. The molecule has 0 bridgehead atoms. The molecule has 1 atom stereocenters. The Bertz CT molecular complexity index is 362. The van der Waals surface area contributed by atoms with Gasteiger partial charge in [-0.2, -0.15) is 0 Å². The van der Waals surface area contributed by atoms with Crippen molar-refractivity contribution in [1.82, 2.24) is 5.32 Å². The molecule has 1 heterocycles. The Hall–Kier alpha value is -1.16. The van der Waals surface area contributed by atoms with Crippen molar-refractivity contribution in [3.05, 3.63) is 29.3 Å². The lowest BCUT2D eigenvalue weighted by Gasteiger charge is -2.10. The van der Waals surface area contributed by atoms with Crippen LogP contribution in [-0.4, -0.2) is 18.2 Å². The first-order valence-electron chi connectivity index (χ1n) is 5.47. The van der Waals surface area contributed by atoms with Crippen LogP contribution in [-0.2, 0) is 6.42 Å². The molecule has 16 heavy (non-hydrogen) atoms. The average Bonchev–Trinajstić information content (AvgIpc) is 2.73. The van der Waals surface area contributed by atoms with Gasteiger partial charge in [-0.05, 0) is 49.5 Å². The summed E-state index contributed by atoms with van der Waals surface area (Å²) < 4.78 is 25.1. The number of aromatic hydroxyl groups is 1. The van der Waals surface area contributed by atoms with Gasteiger partial charge < -0.3 is 10.4 Å². The van der Waals surface area contributed by atoms with Gasteiger partial charge in [-0.1, -0.05) is 6.07 Å². The Morgan fingerprint density at radius 1 is 1.44 bits per heavy atom. The maximum absolute atomic E-state index is 12.5. The highest BCUT2D eigenvalue weighted by molar-refractivity contribution is 5.37. The SMILES string of the molecule is Oc1ccc(CC2CCNC2)cc1C(F)F. The highest BCUT2D eigenvalue weighted by Gasteiger charge is 2.17. The molecular formula is C12H15F2NO. The summed E-state index contributed by atoms with van der Waals surface area (Å²) in [7, 11) is 0. The van der Waals surface area contributed by atoms with E-state index in [-0.39, 0.29) is 11.3 Å². The first-order chi connectivity index (χ1) is 7.66. The predicted octanol–water partition coefficient (Wildman–Crippen LogP) is 2.48. The third kappa shape index (κ3) is 2.50. The number of alkyl halides is 2. The summed E-state index contributed by atoms with van der Waals surface area (Å²) in [6, 6.07) is 4.50. The highest BCUT2D eigenvalue weighted by Crippen LogP contribution is 2.29. The predicted molar refractivity (Wildman–Crippen MR) is 57.7 cm³/mol. The lowest BCUT2D eigenvalue weighted by Crippen LogP contribution is -2.10. The molecular weight excluding hydrogens is 212 g/mol. The molecule has 1 fully saturated rings. The minimum atomic E-state index is -2.61. The van der Waals surface area contributed by atoms with E-state index in [9.17, 15) is 13.9 Å². The summed E-state index contributed by atoms with van der Waals surface area (Å²) in [4.78, 5) is 0. The van der Waals surface area contributed by atoms with Crippen LogP contribution in [0.2, 0.25) is 0 Å². The first kappa shape index (κ1) is 11.3. The fraction of sp³-hybridized carbons (Fsp3) is 0.500. The number of halogens is 2. The van der Waals surface area contributed by atoms with Crippen molar-refractivity contribution in [1.29, 1.82) is 0 Å². The number of phenols is 1. The van der Waals surface area contributed by atoms with E-state index in [4.69, 9.17) is 0 Å². The zero-order valence-corrected chi connectivity index (χ0v) is 8.92. The third-order valence-electron chi connectivity index (χ3n) is 3.01. The zero-order valence-electron chi connectivity index (χ0n) is 8.92. The molecule has 2 nitrogen and oxygen atoms in total. The van der Waals surface area contributed by atoms with E-state index in [0.29, 0.717) is 5.92 Å². The van der Waals surface area contributed by atoms with E-state index >= 15 is 0 Å². The van der Waals surface area contributed by atoms with Gasteiger partial charge in [-0.25, -0.2) is 8.78 Å². The van der Waals surface area contributed by atoms with Crippen molar-refractivity contribution in [2.24, 2.45) is 5.92 Å². The smallest absolute Gasteiger partial charge is 0.267 e. The van der Waals surface area contributed by atoms with Gasteiger partial charge in [0.2, 0.25) is 0 Å². The van der Waals surface area contributed by atoms with Gasteiger partial charge in [-0.15, -0.1) is 0 Å². The van der Waals surface area contributed by atoms with Crippen LogP contribution in [0.5, 0.6) is 5.75 Å². The largest absolute Gasteiger partial charge is 0.507 e. The van der Waals surface area contributed by atoms with Gasteiger partial charge in [0.05, 0.1) is 5.56 Å². The number of hydrogen-bond donors (Lipinski definition) is 2. The summed E-state index contributed by atoms with van der Waals surface area (Å²) in [5, 5.41) is 12.5. The van der Waals surface area contributed by atoms with Crippen molar-refractivity contribution in [2.45, 2.75) is 19.3 Å². The Morgan fingerprint density at radius 3 is 2.88 bits per heavy atom. The minimum absolute atomic E-state index is 0.261. The van der Waals surface area contributed by atoms with Crippen molar-refractivity contribution >= 4 is 0 Å². The second-order valence-electron chi connectivity index (χ2n) is 4.26. The number of hydrogen-bond acceptors (Lipinski definition) is 2. The van der Waals surface area contributed by atoms with Crippen LogP contribution in [0.15, 0.2) is 18.2 Å². The van der Waals surface area contributed by atoms with E-state index in [1.807, 2.05) is 0 Å². The third-order valence-corrected chi connectivity index (χ3v) is 3.01. The van der Waals surface area contributed by atoms with Gasteiger partial charge in [0.1, 0.15) is 5.75 Å². The second kappa shape index (κ2) is 4.78. The van der Waals surface area contributed by atoms with Crippen LogP contribution < -0.4 is 5.32 Å². The van der Waals surface area contributed by atoms with E-state index in [1.165, 1.54) is 12.1 Å². The number of benzene rings is 1. The van der Waals surface area contributed by atoms with Crippen molar-refractivity contribution in [3.63, 3.8) is 0 Å². The lowest BCUT2D eigenvalue weighted by molar-refractivity contribution is 0.147. The zero-order chi connectivity index (χ0) is 11.5. The maximum Gasteiger partial charge on any atom is 0.267 e. The Labute approximate surface area is 93.3 Å². The molecule has 0 aromatic heterocycles. The molecule has 0 saturated carbocycles. The standard InChI is InChI=1S/C12H15F2NO/c13-12(14)10-6-8(1-2-11(10)16)5-9-3-4-15-7-9/h1-2,6,9,12,15-16H,3-5,7H2. The molecule has 0 amide bonds. The Morgan fingerprint density at radius 2 is 2.25 bits per heavy atom. The molecule has 1 aromatic rings. The Kier molecular flexibility index (Phi) is 3.39. The second-order valence-corrected chi connectivity index (χ2v) is 4.26. The molecule has 1 unspecified atom stereocenters. The molecule has 1 aliphatic rings. The van der Waals surface area contributed by atoms with Gasteiger partial charge in [-0.3, -0.25) is 0 Å². The lowest BCUT2D eigenvalue weighted by atomic mass is 9.97. The summed E-state index contributed by atoms with van der Waals surface area (Å²) in [6.07, 6.45) is -0.723. The topological polar surface area (TPSA) is 32.3 Å². The number of phenolic OH excluding ortho intramolecular Hbond substituents is 1. The van der Waals surface area contributed by atoms with Crippen molar-refractivity contribution in [3.8, 4) is 5.75 Å². The Balaban J connectivity index is 2.12. The molecule has 0 aliphatic carbocycles. The number of nitrogens with one attached hydrogen (secondary N) is 1. The molecule has 0 radical (unpaired) electrons. The van der Waals surface area contributed by atoms with Gasteiger partial charge in [0, 0.05) is 0 Å². The van der Waals surface area contributed by atoms with Crippen molar-refractivity contribution in [2.75, 3.05) is 13.1 Å². The van der Waals surface area contributed by atoms with Gasteiger partial charge in [0.15, 0.2) is 0 Å². The fourth-order valence-electron chi connectivity index (χ4n) is 2.13. The molecule has 1 aromatic carbocycles. The molecule has 4 heteroatoms. The van der Waals surface area contributed by atoms with E-state index < -0.39 is 6.43 Å². The van der Waals surface area contributed by atoms with Crippen LogP contribution in [0.4, 0.5) is 8.78 Å². The van der Waals surface area contributed by atoms with E-state index in [1.54, 1.807) is 6.07 Å². The molecule has 1 aliphatic heterocycles. The summed E-state index contributed by atoms with van der Waals surface area (Å²) in [5.74, 6) is 0.207. The highest BCUT2D eigenvalue weighted by atomic mass is 19.3. The van der Waals surface area contributed by atoms with E-state index in [2.05, 4.69) is 5.32 Å². The van der Waals surface area contributed by atoms with Crippen LogP contribution in [0.25, 0.3) is 0 Å². The summed E-state index contributed by atoms with van der Waals surface area (Å²) >= 11 is 0. The molecule has 2 N–H and O–H groups in total. The molecule has 88 valence electrons. The van der Waals surface area contributed by atoms with Crippen LogP contribution in [0.3, 0.4) is 0 Å². The van der Waals surface area contributed by atoms with Crippen LogP contribution >= 0.6 is 0 Å². The monoisotopic (exact) mass is 227 g/mol. The molecule has 0 spiro atoms. The summed E-state index contributed by atoms with van der Waals surface area (Å²) in [5.41, 5.74) is 0.616.